The Balaban J connectivity index is 1.64. The van der Waals surface area contributed by atoms with Crippen LogP contribution in [0.25, 0.3) is 0 Å². The molecule has 0 fully saturated rings. The quantitative estimate of drug-likeness (QED) is 0.710. The SMILES string of the molecule is O=C(Nc1ccccc1)c1ccc2c(c1)NC(=O)c1ccccc1S2. The summed E-state index contributed by atoms with van der Waals surface area (Å²) in [6.45, 7) is 0. The summed E-state index contributed by atoms with van der Waals surface area (Å²) < 4.78 is 0. The van der Waals surface area contributed by atoms with Gasteiger partial charge in [-0.25, -0.2) is 0 Å². The summed E-state index contributed by atoms with van der Waals surface area (Å²) in [5, 5.41) is 5.75. The van der Waals surface area contributed by atoms with Crippen LogP contribution in [0.2, 0.25) is 0 Å². The van der Waals surface area contributed by atoms with Gasteiger partial charge >= 0.3 is 0 Å². The number of fused-ring (bicyclic) bond motifs is 2. The minimum Gasteiger partial charge on any atom is -0.322 e. The topological polar surface area (TPSA) is 58.2 Å². The number of nitrogens with one attached hydrogen (secondary N) is 2. The standard InChI is InChI=1S/C20H14N2O2S/c23-19(21-14-6-2-1-3-7-14)13-10-11-18-16(12-13)22-20(24)15-8-4-5-9-17(15)25-18/h1-12H,(H,21,23)(H,22,24). The van der Waals surface area contributed by atoms with Crippen molar-refractivity contribution in [3.05, 3.63) is 83.9 Å². The number of amides is 2. The van der Waals surface area contributed by atoms with E-state index < -0.39 is 0 Å². The number of hydrogen-bond acceptors (Lipinski definition) is 3. The van der Waals surface area contributed by atoms with Gasteiger partial charge < -0.3 is 10.6 Å². The van der Waals surface area contributed by atoms with E-state index in [9.17, 15) is 9.59 Å². The molecule has 2 N–H and O–H groups in total. The molecule has 4 nitrogen and oxygen atoms in total. The third-order valence-corrected chi connectivity index (χ3v) is 5.03. The van der Waals surface area contributed by atoms with E-state index >= 15 is 0 Å². The minimum absolute atomic E-state index is 0.164. The lowest BCUT2D eigenvalue weighted by molar-refractivity contribution is 0.101. The van der Waals surface area contributed by atoms with Crippen molar-refractivity contribution in [1.82, 2.24) is 0 Å². The lowest BCUT2D eigenvalue weighted by Gasteiger charge is -2.09. The highest BCUT2D eigenvalue weighted by Crippen LogP contribution is 2.39. The molecule has 0 aliphatic carbocycles. The molecule has 0 saturated heterocycles. The first kappa shape index (κ1) is 15.5. The fourth-order valence-corrected chi connectivity index (χ4v) is 3.64. The summed E-state index contributed by atoms with van der Waals surface area (Å²) in [6.07, 6.45) is 0. The third kappa shape index (κ3) is 3.14. The molecule has 0 atom stereocenters. The van der Waals surface area contributed by atoms with Gasteiger partial charge in [-0.2, -0.15) is 0 Å². The largest absolute Gasteiger partial charge is 0.322 e. The van der Waals surface area contributed by atoms with Crippen LogP contribution in [-0.2, 0) is 0 Å². The van der Waals surface area contributed by atoms with Crippen LogP contribution in [0, 0.1) is 0 Å². The summed E-state index contributed by atoms with van der Waals surface area (Å²) in [7, 11) is 0. The molecule has 0 saturated carbocycles. The van der Waals surface area contributed by atoms with Crippen molar-refractivity contribution in [3.8, 4) is 0 Å². The van der Waals surface area contributed by atoms with Crippen LogP contribution in [0.3, 0.4) is 0 Å². The Hall–Kier alpha value is -3.05. The molecule has 3 aromatic carbocycles. The first-order valence-electron chi connectivity index (χ1n) is 7.79. The molecule has 0 bridgehead atoms. The van der Waals surface area contributed by atoms with Crippen LogP contribution in [0.1, 0.15) is 20.7 Å². The summed E-state index contributed by atoms with van der Waals surface area (Å²) in [5.74, 6) is -0.377. The predicted molar refractivity (Wildman–Crippen MR) is 99.4 cm³/mol. The molecule has 0 radical (unpaired) electrons. The highest BCUT2D eigenvalue weighted by atomic mass is 32.2. The van der Waals surface area contributed by atoms with E-state index in [4.69, 9.17) is 0 Å². The summed E-state index contributed by atoms with van der Waals surface area (Å²) in [4.78, 5) is 26.7. The van der Waals surface area contributed by atoms with Gasteiger partial charge in [-0.1, -0.05) is 42.1 Å². The maximum atomic E-state index is 12.5. The molecule has 0 aromatic heterocycles. The van der Waals surface area contributed by atoms with Crippen molar-refractivity contribution in [3.63, 3.8) is 0 Å². The lowest BCUT2D eigenvalue weighted by Crippen LogP contribution is -2.14. The summed E-state index contributed by atoms with van der Waals surface area (Å²) >= 11 is 1.52. The van der Waals surface area contributed by atoms with Gasteiger partial charge in [-0.05, 0) is 42.5 Å². The highest BCUT2D eigenvalue weighted by molar-refractivity contribution is 7.99. The van der Waals surface area contributed by atoms with E-state index in [0.29, 0.717) is 16.8 Å². The van der Waals surface area contributed by atoms with Crippen molar-refractivity contribution >= 4 is 35.0 Å². The molecular weight excluding hydrogens is 332 g/mol. The Morgan fingerprint density at radius 2 is 1.64 bits per heavy atom. The molecule has 2 amide bonds. The molecule has 25 heavy (non-hydrogen) atoms. The maximum Gasteiger partial charge on any atom is 0.256 e. The summed E-state index contributed by atoms with van der Waals surface area (Å²) in [5.41, 5.74) is 2.51. The zero-order chi connectivity index (χ0) is 17.2. The van der Waals surface area contributed by atoms with Crippen molar-refractivity contribution in [1.29, 1.82) is 0 Å². The minimum atomic E-state index is -0.213. The first-order chi connectivity index (χ1) is 12.2. The van der Waals surface area contributed by atoms with Crippen LogP contribution in [0.15, 0.2) is 82.6 Å². The molecule has 0 spiro atoms. The molecule has 4 rings (SSSR count). The Labute approximate surface area is 149 Å². The molecule has 1 heterocycles. The van der Waals surface area contributed by atoms with Gasteiger partial charge in [-0.3, -0.25) is 9.59 Å². The van der Waals surface area contributed by atoms with E-state index in [1.807, 2.05) is 54.6 Å². The van der Waals surface area contributed by atoms with Crippen LogP contribution in [0.5, 0.6) is 0 Å². The van der Waals surface area contributed by atoms with Crippen molar-refractivity contribution in [2.75, 3.05) is 10.6 Å². The van der Waals surface area contributed by atoms with Gasteiger partial charge in [0, 0.05) is 21.0 Å². The van der Waals surface area contributed by atoms with Gasteiger partial charge in [0.1, 0.15) is 0 Å². The van der Waals surface area contributed by atoms with E-state index in [-0.39, 0.29) is 11.8 Å². The van der Waals surface area contributed by atoms with Crippen LogP contribution >= 0.6 is 11.8 Å². The lowest BCUT2D eigenvalue weighted by atomic mass is 10.1. The van der Waals surface area contributed by atoms with Crippen LogP contribution < -0.4 is 10.6 Å². The molecular formula is C20H14N2O2S. The van der Waals surface area contributed by atoms with Gasteiger partial charge in [0.25, 0.3) is 11.8 Å². The number of benzene rings is 3. The number of para-hydroxylation sites is 1. The Morgan fingerprint density at radius 3 is 2.48 bits per heavy atom. The van der Waals surface area contributed by atoms with E-state index in [0.717, 1.165) is 15.5 Å². The van der Waals surface area contributed by atoms with Crippen LogP contribution in [-0.4, -0.2) is 11.8 Å². The molecule has 122 valence electrons. The predicted octanol–water partition coefficient (Wildman–Crippen LogP) is 4.66. The summed E-state index contributed by atoms with van der Waals surface area (Å²) in [6, 6.07) is 22.1. The molecule has 3 aromatic rings. The number of rotatable bonds is 2. The second-order valence-electron chi connectivity index (χ2n) is 5.58. The molecule has 5 heteroatoms. The van der Waals surface area contributed by atoms with Crippen molar-refractivity contribution < 1.29 is 9.59 Å². The maximum absolute atomic E-state index is 12.5. The average Bonchev–Trinajstić information content (AvgIpc) is 2.78. The fraction of sp³-hybridized carbons (Fsp3) is 0. The monoisotopic (exact) mass is 346 g/mol. The van der Waals surface area contributed by atoms with E-state index in [2.05, 4.69) is 10.6 Å². The van der Waals surface area contributed by atoms with Gasteiger partial charge in [0.05, 0.1) is 11.3 Å². The molecule has 1 aliphatic heterocycles. The smallest absolute Gasteiger partial charge is 0.256 e. The molecule has 0 unspecified atom stereocenters. The Bertz CT molecular complexity index is 970. The Morgan fingerprint density at radius 1 is 0.880 bits per heavy atom. The fourth-order valence-electron chi connectivity index (χ4n) is 2.63. The first-order valence-corrected chi connectivity index (χ1v) is 8.61. The molecule has 1 aliphatic rings. The Kier molecular flexibility index (Phi) is 3.99. The normalized spacial score (nSPS) is 12.4. The van der Waals surface area contributed by atoms with E-state index in [1.54, 1.807) is 18.2 Å². The number of hydrogen-bond donors (Lipinski definition) is 2. The number of carbonyl (C=O) groups excluding carboxylic acids is 2. The zero-order valence-electron chi connectivity index (χ0n) is 13.2. The second kappa shape index (κ2) is 6.45. The highest BCUT2D eigenvalue weighted by Gasteiger charge is 2.20. The van der Waals surface area contributed by atoms with Gasteiger partial charge in [0.15, 0.2) is 0 Å². The number of carbonyl (C=O) groups is 2. The van der Waals surface area contributed by atoms with Crippen molar-refractivity contribution in [2.45, 2.75) is 9.79 Å². The van der Waals surface area contributed by atoms with Gasteiger partial charge in [0.2, 0.25) is 0 Å². The third-order valence-electron chi connectivity index (χ3n) is 3.87. The van der Waals surface area contributed by atoms with Crippen LogP contribution in [0.4, 0.5) is 11.4 Å². The van der Waals surface area contributed by atoms with E-state index in [1.165, 1.54) is 11.8 Å². The second-order valence-corrected chi connectivity index (χ2v) is 6.67. The van der Waals surface area contributed by atoms with Gasteiger partial charge in [-0.15, -0.1) is 0 Å². The zero-order valence-corrected chi connectivity index (χ0v) is 14.0. The average molecular weight is 346 g/mol. The number of anilines is 2. The van der Waals surface area contributed by atoms with Crippen molar-refractivity contribution in [2.24, 2.45) is 0 Å².